The van der Waals surface area contributed by atoms with Crippen molar-refractivity contribution in [3.8, 4) is 0 Å². The summed E-state index contributed by atoms with van der Waals surface area (Å²) < 4.78 is 0. The van der Waals surface area contributed by atoms with Gasteiger partial charge in [-0.2, -0.15) is 0 Å². The summed E-state index contributed by atoms with van der Waals surface area (Å²) in [7, 11) is 0. The summed E-state index contributed by atoms with van der Waals surface area (Å²) in [4.78, 5) is 17.9. The van der Waals surface area contributed by atoms with E-state index in [1.54, 1.807) is 11.3 Å². The molecule has 4 nitrogen and oxygen atoms in total. The Morgan fingerprint density at radius 3 is 2.59 bits per heavy atom. The highest BCUT2D eigenvalue weighted by Gasteiger charge is 2.25. The summed E-state index contributed by atoms with van der Waals surface area (Å²) in [5.74, 6) is 0.662. The molecule has 0 unspecified atom stereocenters. The quantitative estimate of drug-likeness (QED) is 0.862. The van der Waals surface area contributed by atoms with Gasteiger partial charge in [-0.15, -0.1) is 36.2 Å². The lowest BCUT2D eigenvalue weighted by atomic mass is 10.1. The molecule has 1 aliphatic heterocycles. The third-order valence-corrected chi connectivity index (χ3v) is 5.67. The van der Waals surface area contributed by atoms with Crippen molar-refractivity contribution < 1.29 is 4.79 Å². The number of piperidine rings is 1. The molecule has 0 radical (unpaired) electrons. The highest BCUT2D eigenvalue weighted by Crippen LogP contribution is 2.37. The van der Waals surface area contributed by atoms with Gasteiger partial charge < -0.3 is 10.6 Å². The molecule has 0 aromatic carbocycles. The Hall–Kier alpha value is -0.360. The van der Waals surface area contributed by atoms with Crippen LogP contribution >= 0.6 is 36.2 Å². The number of nitrogens with one attached hydrogen (secondary N) is 2. The molecule has 1 amide bonds. The number of rotatable bonds is 3. The number of hydrogen-bond acceptors (Lipinski definition) is 4. The standard InChI is InChI=1S/C15H23N3OS.2ClH/c1-10-13(14(19)18-12-7-4-8-16-9-12)20-15(17-10)11-5-2-3-6-11;;/h11-12,16H,2-9H2,1H3,(H,18,19);2*1H/t12-;;/m0../s1. The van der Waals surface area contributed by atoms with Crippen molar-refractivity contribution in [2.45, 2.75) is 57.4 Å². The average Bonchev–Trinajstić information content (AvgIpc) is 3.08. The smallest absolute Gasteiger partial charge is 0.263 e. The molecule has 1 atom stereocenters. The van der Waals surface area contributed by atoms with Gasteiger partial charge in [0.2, 0.25) is 0 Å². The van der Waals surface area contributed by atoms with Crippen LogP contribution in [0.4, 0.5) is 0 Å². The first kappa shape index (κ1) is 19.7. The second kappa shape index (κ2) is 9.06. The lowest BCUT2D eigenvalue weighted by molar-refractivity contribution is 0.0934. The van der Waals surface area contributed by atoms with E-state index in [0.29, 0.717) is 5.92 Å². The van der Waals surface area contributed by atoms with E-state index in [9.17, 15) is 4.79 Å². The van der Waals surface area contributed by atoms with Crippen LogP contribution in [0.15, 0.2) is 0 Å². The van der Waals surface area contributed by atoms with Crippen LogP contribution in [0.3, 0.4) is 0 Å². The Kier molecular flexibility index (Phi) is 8.11. The molecule has 0 bridgehead atoms. The first-order valence-electron chi connectivity index (χ1n) is 7.73. The molecule has 1 aromatic heterocycles. The number of hydrogen-bond donors (Lipinski definition) is 2. The van der Waals surface area contributed by atoms with Crippen molar-refractivity contribution in [2.75, 3.05) is 13.1 Å². The first-order chi connectivity index (χ1) is 9.74. The molecule has 22 heavy (non-hydrogen) atoms. The lowest BCUT2D eigenvalue weighted by Crippen LogP contribution is -2.45. The molecule has 2 N–H and O–H groups in total. The van der Waals surface area contributed by atoms with Gasteiger partial charge in [0.05, 0.1) is 10.7 Å². The number of aromatic nitrogens is 1. The van der Waals surface area contributed by atoms with Gasteiger partial charge in [0, 0.05) is 18.5 Å². The van der Waals surface area contributed by atoms with Crippen molar-refractivity contribution >= 4 is 42.1 Å². The van der Waals surface area contributed by atoms with Crippen molar-refractivity contribution in [1.29, 1.82) is 0 Å². The number of carbonyl (C=O) groups is 1. The Labute approximate surface area is 148 Å². The number of aryl methyl sites for hydroxylation is 1. The van der Waals surface area contributed by atoms with Crippen molar-refractivity contribution in [2.24, 2.45) is 0 Å². The van der Waals surface area contributed by atoms with Gasteiger partial charge in [-0.1, -0.05) is 12.8 Å². The minimum absolute atomic E-state index is 0. The van der Waals surface area contributed by atoms with Crippen LogP contribution in [0.1, 0.15) is 64.8 Å². The maximum atomic E-state index is 12.4. The highest BCUT2D eigenvalue weighted by atomic mass is 35.5. The zero-order valence-electron chi connectivity index (χ0n) is 12.9. The maximum absolute atomic E-state index is 12.4. The third kappa shape index (κ3) is 4.57. The molecule has 1 aliphatic carbocycles. The van der Waals surface area contributed by atoms with E-state index >= 15 is 0 Å². The number of halogens is 2. The molecule has 3 rings (SSSR count). The second-order valence-corrected chi connectivity index (χ2v) is 7.00. The summed E-state index contributed by atoms with van der Waals surface area (Å²) in [5, 5.41) is 7.65. The van der Waals surface area contributed by atoms with E-state index in [4.69, 9.17) is 0 Å². The van der Waals surface area contributed by atoms with E-state index in [0.717, 1.165) is 36.5 Å². The fourth-order valence-electron chi connectivity index (χ4n) is 3.20. The fourth-order valence-corrected chi connectivity index (χ4v) is 4.34. The Bertz CT molecular complexity index is 483. The first-order valence-corrected chi connectivity index (χ1v) is 8.54. The molecule has 1 aromatic rings. The van der Waals surface area contributed by atoms with Gasteiger partial charge in [0.15, 0.2) is 0 Å². The Morgan fingerprint density at radius 2 is 1.95 bits per heavy atom. The summed E-state index contributed by atoms with van der Waals surface area (Å²) in [5.41, 5.74) is 0.901. The molecule has 2 aliphatic rings. The van der Waals surface area contributed by atoms with Crippen LogP contribution < -0.4 is 10.6 Å². The monoisotopic (exact) mass is 365 g/mol. The highest BCUT2D eigenvalue weighted by molar-refractivity contribution is 7.13. The SMILES string of the molecule is Cc1nc(C2CCCC2)sc1C(=O)N[C@H]1CCCNC1.Cl.Cl. The maximum Gasteiger partial charge on any atom is 0.263 e. The summed E-state index contributed by atoms with van der Waals surface area (Å²) in [6, 6.07) is 0.271. The van der Waals surface area contributed by atoms with E-state index in [2.05, 4.69) is 15.6 Å². The fraction of sp³-hybridized carbons (Fsp3) is 0.733. The van der Waals surface area contributed by atoms with Crippen LogP contribution in [0.5, 0.6) is 0 Å². The summed E-state index contributed by atoms with van der Waals surface area (Å²) in [6.07, 6.45) is 7.30. The van der Waals surface area contributed by atoms with Crippen LogP contribution in [-0.4, -0.2) is 30.0 Å². The molecule has 126 valence electrons. The minimum atomic E-state index is 0. The van der Waals surface area contributed by atoms with Crippen LogP contribution in [0.25, 0.3) is 0 Å². The molecule has 1 saturated heterocycles. The van der Waals surface area contributed by atoms with Crippen molar-refractivity contribution in [1.82, 2.24) is 15.6 Å². The van der Waals surface area contributed by atoms with Gasteiger partial charge >= 0.3 is 0 Å². The van der Waals surface area contributed by atoms with Crippen LogP contribution in [0, 0.1) is 6.92 Å². The van der Waals surface area contributed by atoms with Crippen LogP contribution in [0.2, 0.25) is 0 Å². The van der Waals surface area contributed by atoms with Crippen molar-refractivity contribution in [3.63, 3.8) is 0 Å². The van der Waals surface area contributed by atoms with Gasteiger partial charge in [-0.3, -0.25) is 4.79 Å². The number of thiazole rings is 1. The predicted molar refractivity (Wildman–Crippen MR) is 95.9 cm³/mol. The molecular weight excluding hydrogens is 341 g/mol. The third-order valence-electron chi connectivity index (χ3n) is 4.36. The van der Waals surface area contributed by atoms with Gasteiger partial charge in [0.25, 0.3) is 5.91 Å². The zero-order valence-corrected chi connectivity index (χ0v) is 15.3. The second-order valence-electron chi connectivity index (χ2n) is 5.96. The molecule has 0 spiro atoms. The Morgan fingerprint density at radius 1 is 1.23 bits per heavy atom. The minimum Gasteiger partial charge on any atom is -0.347 e. The lowest BCUT2D eigenvalue weighted by Gasteiger charge is -2.23. The van der Waals surface area contributed by atoms with Gasteiger partial charge in [-0.25, -0.2) is 4.98 Å². The number of amides is 1. The molecule has 2 fully saturated rings. The molecule has 7 heteroatoms. The Balaban J connectivity index is 0.00000121. The molecule has 2 heterocycles. The van der Waals surface area contributed by atoms with Gasteiger partial charge in [-0.05, 0) is 39.2 Å². The van der Waals surface area contributed by atoms with Crippen molar-refractivity contribution in [3.05, 3.63) is 15.6 Å². The molecule has 1 saturated carbocycles. The zero-order chi connectivity index (χ0) is 13.9. The van der Waals surface area contributed by atoms with E-state index in [-0.39, 0.29) is 36.8 Å². The normalized spacial score (nSPS) is 21.8. The largest absolute Gasteiger partial charge is 0.347 e. The number of nitrogens with zero attached hydrogens (tertiary/aromatic N) is 1. The van der Waals surface area contributed by atoms with E-state index in [1.165, 1.54) is 30.7 Å². The average molecular weight is 366 g/mol. The summed E-state index contributed by atoms with van der Waals surface area (Å²) in [6.45, 7) is 3.92. The predicted octanol–water partition coefficient (Wildman–Crippen LogP) is 3.43. The molecular formula is C15H25Cl2N3OS. The topological polar surface area (TPSA) is 54.0 Å². The summed E-state index contributed by atoms with van der Waals surface area (Å²) >= 11 is 1.61. The number of carbonyl (C=O) groups excluding carboxylic acids is 1. The van der Waals surface area contributed by atoms with E-state index in [1.807, 2.05) is 6.92 Å². The van der Waals surface area contributed by atoms with Crippen LogP contribution in [-0.2, 0) is 0 Å². The van der Waals surface area contributed by atoms with E-state index < -0.39 is 0 Å². The van der Waals surface area contributed by atoms with Gasteiger partial charge in [0.1, 0.15) is 4.88 Å².